The van der Waals surface area contributed by atoms with Crippen molar-refractivity contribution in [3.8, 4) is 0 Å². The van der Waals surface area contributed by atoms with Crippen LogP contribution >= 0.6 is 0 Å². The predicted octanol–water partition coefficient (Wildman–Crippen LogP) is 3.30. The lowest BCUT2D eigenvalue weighted by atomic mass is 10.0. The summed E-state index contributed by atoms with van der Waals surface area (Å²) in [5.41, 5.74) is -0.696. The molecule has 5 heteroatoms. The molecule has 1 aromatic carbocycles. The molecule has 1 aliphatic heterocycles. The average Bonchev–Trinajstić information content (AvgIpc) is 2.69. The van der Waals surface area contributed by atoms with Crippen molar-refractivity contribution in [2.45, 2.75) is 58.1 Å². The Kier molecular flexibility index (Phi) is 4.29. The van der Waals surface area contributed by atoms with Crippen LogP contribution in [0.2, 0.25) is 0 Å². The molecule has 1 amide bonds. The van der Waals surface area contributed by atoms with Crippen molar-refractivity contribution < 1.29 is 19.1 Å². The summed E-state index contributed by atoms with van der Waals surface area (Å²) < 4.78 is 11.3. The summed E-state index contributed by atoms with van der Waals surface area (Å²) in [4.78, 5) is 25.6. The van der Waals surface area contributed by atoms with Gasteiger partial charge in [0.05, 0.1) is 6.04 Å². The van der Waals surface area contributed by atoms with E-state index >= 15 is 0 Å². The van der Waals surface area contributed by atoms with Crippen LogP contribution in [0.4, 0.5) is 4.79 Å². The van der Waals surface area contributed by atoms with Gasteiger partial charge in [0.1, 0.15) is 17.4 Å². The Morgan fingerprint density at radius 2 is 1.86 bits per heavy atom. The third-order valence-corrected chi connectivity index (χ3v) is 3.46. The van der Waals surface area contributed by atoms with Gasteiger partial charge in [-0.25, -0.2) is 4.79 Å². The van der Waals surface area contributed by atoms with Gasteiger partial charge in [-0.15, -0.1) is 0 Å². The molecule has 2 rings (SSSR count). The van der Waals surface area contributed by atoms with Crippen molar-refractivity contribution >= 4 is 12.4 Å². The van der Waals surface area contributed by atoms with Gasteiger partial charge >= 0.3 is 6.09 Å². The molecule has 1 aromatic rings. The Hall–Kier alpha value is -1.88. The normalized spacial score (nSPS) is 24.1. The summed E-state index contributed by atoms with van der Waals surface area (Å²) in [5.74, 6) is 0. The maximum atomic E-state index is 12.6. The molecular formula is C17H23NO4. The number of rotatable bonds is 2. The van der Waals surface area contributed by atoms with Crippen molar-refractivity contribution in [1.82, 2.24) is 4.90 Å². The monoisotopic (exact) mass is 305 g/mol. The Morgan fingerprint density at radius 1 is 1.27 bits per heavy atom. The number of hydrogen-bond donors (Lipinski definition) is 0. The van der Waals surface area contributed by atoms with Gasteiger partial charge in [-0.1, -0.05) is 30.3 Å². The molecule has 1 aliphatic rings. The Balaban J connectivity index is 2.41. The van der Waals surface area contributed by atoms with Gasteiger partial charge in [-0.05, 0) is 40.2 Å². The van der Waals surface area contributed by atoms with Crippen LogP contribution in [0.3, 0.4) is 0 Å². The molecule has 0 bridgehead atoms. The predicted molar refractivity (Wildman–Crippen MR) is 82.3 cm³/mol. The first-order chi connectivity index (χ1) is 10.2. The number of benzene rings is 1. The smallest absolute Gasteiger partial charge is 0.413 e. The molecule has 0 unspecified atom stereocenters. The van der Waals surface area contributed by atoms with Crippen LogP contribution in [-0.2, 0) is 14.3 Å². The fourth-order valence-corrected chi connectivity index (χ4v) is 2.67. The standard InChI is InChI=1S/C17H23NO4/c1-16(2,3)22-15(20)18-14(12-9-7-6-8-10-12)13(11-19)21-17(18,4)5/h6-11,13-14H,1-5H3/t13-,14+/m1/s1. The fraction of sp³-hybridized carbons (Fsp3) is 0.529. The van der Waals surface area contributed by atoms with Crippen LogP contribution in [0.5, 0.6) is 0 Å². The van der Waals surface area contributed by atoms with Crippen LogP contribution in [-0.4, -0.2) is 34.7 Å². The van der Waals surface area contributed by atoms with Crippen molar-refractivity contribution in [3.05, 3.63) is 35.9 Å². The first kappa shape index (κ1) is 16.5. The SMILES string of the molecule is CC(C)(C)OC(=O)N1[C@@H](c2ccccc2)[C@@H](C=O)OC1(C)C. The van der Waals surface area contributed by atoms with Gasteiger partial charge in [0.2, 0.25) is 0 Å². The van der Waals surface area contributed by atoms with Crippen LogP contribution in [0.15, 0.2) is 30.3 Å². The minimum Gasteiger partial charge on any atom is -0.444 e. The van der Waals surface area contributed by atoms with E-state index in [-0.39, 0.29) is 0 Å². The molecule has 1 fully saturated rings. The van der Waals surface area contributed by atoms with Gasteiger partial charge in [-0.3, -0.25) is 4.90 Å². The molecule has 1 heterocycles. The van der Waals surface area contributed by atoms with Crippen molar-refractivity contribution in [2.75, 3.05) is 0 Å². The van der Waals surface area contributed by atoms with E-state index in [4.69, 9.17) is 9.47 Å². The molecule has 1 saturated heterocycles. The second kappa shape index (κ2) is 5.72. The van der Waals surface area contributed by atoms with E-state index in [9.17, 15) is 9.59 Å². The number of ether oxygens (including phenoxy) is 2. The summed E-state index contributed by atoms with van der Waals surface area (Å²) >= 11 is 0. The van der Waals surface area contributed by atoms with Crippen molar-refractivity contribution in [2.24, 2.45) is 0 Å². The van der Waals surface area contributed by atoms with E-state index in [1.54, 1.807) is 13.8 Å². The summed E-state index contributed by atoms with van der Waals surface area (Å²) in [6.07, 6.45) is -0.468. The summed E-state index contributed by atoms with van der Waals surface area (Å²) in [7, 11) is 0. The molecule has 120 valence electrons. The van der Waals surface area contributed by atoms with Crippen molar-refractivity contribution in [3.63, 3.8) is 0 Å². The van der Waals surface area contributed by atoms with E-state index in [0.717, 1.165) is 11.8 Å². The Bertz CT molecular complexity index is 548. The fourth-order valence-electron chi connectivity index (χ4n) is 2.67. The van der Waals surface area contributed by atoms with Crippen LogP contribution < -0.4 is 0 Å². The Morgan fingerprint density at radius 3 is 2.36 bits per heavy atom. The van der Waals surface area contributed by atoms with Gasteiger partial charge in [-0.2, -0.15) is 0 Å². The molecule has 22 heavy (non-hydrogen) atoms. The zero-order valence-corrected chi connectivity index (χ0v) is 13.7. The highest BCUT2D eigenvalue weighted by atomic mass is 16.6. The molecular weight excluding hydrogens is 282 g/mol. The lowest BCUT2D eigenvalue weighted by Crippen LogP contribution is -2.47. The first-order valence-corrected chi connectivity index (χ1v) is 7.36. The summed E-state index contributed by atoms with van der Waals surface area (Å²) in [5, 5.41) is 0. The number of hydrogen-bond acceptors (Lipinski definition) is 4. The maximum Gasteiger partial charge on any atom is 0.413 e. The van der Waals surface area contributed by atoms with E-state index in [1.165, 1.54) is 4.90 Å². The second-order valence-electron chi connectivity index (χ2n) is 6.87. The quantitative estimate of drug-likeness (QED) is 0.787. The topological polar surface area (TPSA) is 55.8 Å². The zero-order valence-electron chi connectivity index (χ0n) is 13.7. The molecule has 0 saturated carbocycles. The number of nitrogens with zero attached hydrogens (tertiary/aromatic N) is 1. The van der Waals surface area contributed by atoms with Gasteiger partial charge in [0, 0.05) is 0 Å². The number of aldehydes is 1. The van der Waals surface area contributed by atoms with E-state index in [2.05, 4.69) is 0 Å². The zero-order chi connectivity index (χ0) is 16.5. The molecule has 0 radical (unpaired) electrons. The second-order valence-corrected chi connectivity index (χ2v) is 6.87. The number of amides is 1. The van der Waals surface area contributed by atoms with Crippen LogP contribution in [0.1, 0.15) is 46.2 Å². The minimum absolute atomic E-state index is 0.490. The molecule has 0 aromatic heterocycles. The van der Waals surface area contributed by atoms with E-state index < -0.39 is 29.6 Å². The highest BCUT2D eigenvalue weighted by Gasteiger charge is 2.51. The highest BCUT2D eigenvalue weighted by molar-refractivity contribution is 5.72. The molecule has 0 N–H and O–H groups in total. The van der Waals surface area contributed by atoms with Crippen LogP contribution in [0, 0.1) is 0 Å². The average molecular weight is 305 g/mol. The van der Waals surface area contributed by atoms with Gasteiger partial charge < -0.3 is 14.3 Å². The largest absolute Gasteiger partial charge is 0.444 e. The van der Waals surface area contributed by atoms with E-state index in [0.29, 0.717) is 0 Å². The van der Waals surface area contributed by atoms with Crippen molar-refractivity contribution in [1.29, 1.82) is 0 Å². The van der Waals surface area contributed by atoms with Crippen LogP contribution in [0.25, 0.3) is 0 Å². The third-order valence-electron chi connectivity index (χ3n) is 3.46. The molecule has 0 aliphatic carbocycles. The summed E-state index contributed by atoms with van der Waals surface area (Å²) in [6.45, 7) is 8.95. The molecule has 0 spiro atoms. The highest BCUT2D eigenvalue weighted by Crippen LogP contribution is 2.41. The minimum atomic E-state index is -0.922. The molecule has 2 atom stereocenters. The number of carbonyl (C=O) groups is 2. The van der Waals surface area contributed by atoms with Gasteiger partial charge in [0.25, 0.3) is 0 Å². The lowest BCUT2D eigenvalue weighted by Gasteiger charge is -2.35. The Labute approximate surface area is 131 Å². The third kappa shape index (κ3) is 3.30. The lowest BCUT2D eigenvalue weighted by molar-refractivity contribution is -0.124. The number of carbonyl (C=O) groups excluding carboxylic acids is 2. The van der Waals surface area contributed by atoms with Gasteiger partial charge in [0.15, 0.2) is 6.29 Å². The summed E-state index contributed by atoms with van der Waals surface area (Å²) in [6, 6.07) is 8.89. The van der Waals surface area contributed by atoms with E-state index in [1.807, 2.05) is 51.1 Å². The maximum absolute atomic E-state index is 12.6. The molecule has 5 nitrogen and oxygen atoms in total. The first-order valence-electron chi connectivity index (χ1n) is 7.36.